The molecule has 0 bridgehead atoms. The number of methoxy groups -OCH3 is 1. The van der Waals surface area contributed by atoms with E-state index in [4.69, 9.17) is 22.1 Å². The van der Waals surface area contributed by atoms with E-state index in [1.165, 1.54) is 0 Å². The summed E-state index contributed by atoms with van der Waals surface area (Å²) in [6, 6.07) is 7.43. The predicted octanol–water partition coefficient (Wildman–Crippen LogP) is 5.54. The van der Waals surface area contributed by atoms with Gasteiger partial charge in [0.15, 0.2) is 0 Å². The molecule has 112 valence electrons. The van der Waals surface area contributed by atoms with Gasteiger partial charge in [0.2, 0.25) is 0 Å². The van der Waals surface area contributed by atoms with Crippen molar-refractivity contribution in [1.82, 2.24) is 0 Å². The van der Waals surface area contributed by atoms with Crippen LogP contribution in [0.3, 0.4) is 0 Å². The van der Waals surface area contributed by atoms with Crippen molar-refractivity contribution in [2.45, 2.75) is 19.9 Å². The molecule has 0 aliphatic heterocycles. The van der Waals surface area contributed by atoms with Gasteiger partial charge in [-0.05, 0) is 54.8 Å². The Morgan fingerprint density at radius 2 is 1.81 bits per heavy atom. The van der Waals surface area contributed by atoms with Crippen LogP contribution in [-0.2, 0) is 0 Å². The molecule has 0 saturated heterocycles. The zero-order valence-electron chi connectivity index (χ0n) is 12.0. The van der Waals surface area contributed by atoms with Crippen molar-refractivity contribution in [3.8, 4) is 5.75 Å². The van der Waals surface area contributed by atoms with Crippen LogP contribution in [0.4, 0.5) is 0 Å². The first-order valence-electron chi connectivity index (χ1n) is 6.40. The minimum Gasteiger partial charge on any atom is -0.496 e. The fraction of sp³-hybridized carbons (Fsp3) is 0.250. The highest BCUT2D eigenvalue weighted by Crippen LogP contribution is 2.38. The molecule has 0 fully saturated rings. The maximum Gasteiger partial charge on any atom is 0.127 e. The molecule has 5 heteroatoms. The number of halogens is 3. The summed E-state index contributed by atoms with van der Waals surface area (Å²) in [5, 5.41) is 0.651. The number of rotatable bonds is 3. The van der Waals surface area contributed by atoms with Gasteiger partial charge >= 0.3 is 0 Å². The summed E-state index contributed by atoms with van der Waals surface area (Å²) in [5.41, 5.74) is 10.5. The molecule has 0 aliphatic carbocycles. The fourth-order valence-corrected chi connectivity index (χ4v) is 3.89. The SMILES string of the molecule is COc1c(C)cc(Br)c(C)c1C(N)c1cc(Cl)cc(Br)c1. The van der Waals surface area contributed by atoms with Crippen molar-refractivity contribution in [3.63, 3.8) is 0 Å². The number of nitrogens with two attached hydrogens (primary N) is 1. The van der Waals surface area contributed by atoms with Crippen LogP contribution in [0.5, 0.6) is 5.75 Å². The van der Waals surface area contributed by atoms with Gasteiger partial charge in [0.05, 0.1) is 13.2 Å². The first-order valence-corrected chi connectivity index (χ1v) is 8.36. The van der Waals surface area contributed by atoms with E-state index in [2.05, 4.69) is 31.9 Å². The summed E-state index contributed by atoms with van der Waals surface area (Å²) in [6.07, 6.45) is 0. The number of hydrogen-bond acceptors (Lipinski definition) is 2. The molecule has 0 spiro atoms. The Bertz CT molecular complexity index is 668. The molecule has 1 atom stereocenters. The van der Waals surface area contributed by atoms with Gasteiger partial charge in [0, 0.05) is 19.5 Å². The number of aryl methyl sites for hydroxylation is 1. The Hall–Kier alpha value is -0.550. The van der Waals surface area contributed by atoms with Crippen molar-refractivity contribution in [3.05, 3.63) is 60.5 Å². The van der Waals surface area contributed by atoms with Crippen LogP contribution < -0.4 is 10.5 Å². The Kier molecular flexibility index (Phi) is 5.36. The molecule has 1 unspecified atom stereocenters. The lowest BCUT2D eigenvalue weighted by Crippen LogP contribution is -2.15. The molecule has 0 heterocycles. The molecule has 21 heavy (non-hydrogen) atoms. The van der Waals surface area contributed by atoms with Gasteiger partial charge in [-0.3, -0.25) is 0 Å². The molecule has 2 nitrogen and oxygen atoms in total. The van der Waals surface area contributed by atoms with Crippen LogP contribution in [0, 0.1) is 13.8 Å². The summed E-state index contributed by atoms with van der Waals surface area (Å²) >= 11 is 13.2. The number of benzene rings is 2. The van der Waals surface area contributed by atoms with Crippen LogP contribution in [0.15, 0.2) is 33.2 Å². The van der Waals surface area contributed by atoms with Gasteiger partial charge in [-0.15, -0.1) is 0 Å². The summed E-state index contributed by atoms with van der Waals surface area (Å²) in [4.78, 5) is 0. The minimum atomic E-state index is -0.314. The van der Waals surface area contributed by atoms with Crippen LogP contribution >= 0.6 is 43.5 Å². The van der Waals surface area contributed by atoms with Gasteiger partial charge in [0.1, 0.15) is 5.75 Å². The van der Waals surface area contributed by atoms with E-state index in [1.54, 1.807) is 7.11 Å². The van der Waals surface area contributed by atoms with E-state index in [1.807, 2.05) is 38.1 Å². The Labute approximate surface area is 146 Å². The van der Waals surface area contributed by atoms with E-state index in [0.717, 1.165) is 36.9 Å². The van der Waals surface area contributed by atoms with Crippen molar-refractivity contribution in [2.24, 2.45) is 5.73 Å². The third-order valence-electron chi connectivity index (χ3n) is 3.47. The van der Waals surface area contributed by atoms with Gasteiger partial charge in [-0.1, -0.05) is 43.5 Å². The third-order valence-corrected chi connectivity index (χ3v) is 4.97. The zero-order valence-corrected chi connectivity index (χ0v) is 15.9. The summed E-state index contributed by atoms with van der Waals surface area (Å²) in [5.74, 6) is 0.819. The fourth-order valence-electron chi connectivity index (χ4n) is 2.44. The van der Waals surface area contributed by atoms with Crippen LogP contribution in [0.25, 0.3) is 0 Å². The Balaban J connectivity index is 2.64. The van der Waals surface area contributed by atoms with Crippen LogP contribution in [0.1, 0.15) is 28.3 Å². The van der Waals surface area contributed by atoms with E-state index in [-0.39, 0.29) is 6.04 Å². The maximum atomic E-state index is 6.49. The van der Waals surface area contributed by atoms with Crippen molar-refractivity contribution < 1.29 is 4.74 Å². The minimum absolute atomic E-state index is 0.314. The Morgan fingerprint density at radius 1 is 1.14 bits per heavy atom. The van der Waals surface area contributed by atoms with Crippen molar-refractivity contribution in [1.29, 1.82) is 0 Å². The van der Waals surface area contributed by atoms with Crippen LogP contribution in [-0.4, -0.2) is 7.11 Å². The summed E-state index contributed by atoms with van der Waals surface area (Å²) < 4.78 is 7.50. The smallest absolute Gasteiger partial charge is 0.127 e. The standard InChI is InChI=1S/C16H16Br2ClNO/c1-8-4-13(18)9(2)14(16(8)21-3)15(20)10-5-11(17)7-12(19)6-10/h4-7,15H,20H2,1-3H3. The summed E-state index contributed by atoms with van der Waals surface area (Å²) in [6.45, 7) is 4.04. The Morgan fingerprint density at radius 3 is 2.38 bits per heavy atom. The largest absolute Gasteiger partial charge is 0.496 e. The highest BCUT2D eigenvalue weighted by atomic mass is 79.9. The van der Waals surface area contributed by atoms with Crippen molar-refractivity contribution in [2.75, 3.05) is 7.11 Å². The van der Waals surface area contributed by atoms with E-state index < -0.39 is 0 Å². The first-order chi connectivity index (χ1) is 9.85. The molecule has 0 radical (unpaired) electrons. The number of hydrogen-bond donors (Lipinski definition) is 1. The number of ether oxygens (including phenoxy) is 1. The molecular weight excluding hydrogens is 417 g/mol. The molecule has 0 aliphatic rings. The topological polar surface area (TPSA) is 35.2 Å². The van der Waals surface area contributed by atoms with Crippen molar-refractivity contribution >= 4 is 43.5 Å². The van der Waals surface area contributed by atoms with Gasteiger partial charge in [0.25, 0.3) is 0 Å². The second-order valence-electron chi connectivity index (χ2n) is 4.93. The van der Waals surface area contributed by atoms with Gasteiger partial charge in [-0.25, -0.2) is 0 Å². The molecule has 2 rings (SSSR count). The average molecular weight is 434 g/mol. The predicted molar refractivity (Wildman–Crippen MR) is 95.4 cm³/mol. The quantitative estimate of drug-likeness (QED) is 0.690. The molecule has 0 aromatic heterocycles. The lowest BCUT2D eigenvalue weighted by atomic mass is 9.93. The molecule has 0 saturated carbocycles. The monoisotopic (exact) mass is 431 g/mol. The molecule has 0 amide bonds. The van der Waals surface area contributed by atoms with E-state index >= 15 is 0 Å². The normalized spacial score (nSPS) is 12.3. The second-order valence-corrected chi connectivity index (χ2v) is 7.13. The zero-order chi connectivity index (χ0) is 15.7. The van der Waals surface area contributed by atoms with Gasteiger partial charge < -0.3 is 10.5 Å². The van der Waals surface area contributed by atoms with Gasteiger partial charge in [-0.2, -0.15) is 0 Å². The molecule has 2 N–H and O–H groups in total. The maximum absolute atomic E-state index is 6.49. The second kappa shape index (κ2) is 6.69. The highest BCUT2D eigenvalue weighted by Gasteiger charge is 2.21. The van der Waals surface area contributed by atoms with E-state index in [0.29, 0.717) is 5.02 Å². The highest BCUT2D eigenvalue weighted by molar-refractivity contribution is 9.10. The molecular formula is C16H16Br2ClNO. The lowest BCUT2D eigenvalue weighted by Gasteiger charge is -2.22. The first kappa shape index (κ1) is 16.8. The molecule has 2 aromatic rings. The average Bonchev–Trinajstić information content (AvgIpc) is 2.40. The van der Waals surface area contributed by atoms with E-state index in [9.17, 15) is 0 Å². The lowest BCUT2D eigenvalue weighted by molar-refractivity contribution is 0.404. The summed E-state index contributed by atoms with van der Waals surface area (Å²) in [7, 11) is 1.67. The van der Waals surface area contributed by atoms with Crippen LogP contribution in [0.2, 0.25) is 5.02 Å². The third kappa shape index (κ3) is 3.45. The molecule has 2 aromatic carbocycles.